The Bertz CT molecular complexity index is 1470. The van der Waals surface area contributed by atoms with Crippen molar-refractivity contribution in [2.45, 2.75) is 74.7 Å². The van der Waals surface area contributed by atoms with Crippen molar-refractivity contribution in [1.29, 1.82) is 0 Å². The lowest BCUT2D eigenvalue weighted by molar-refractivity contribution is -0.116. The second-order valence-electron chi connectivity index (χ2n) is 12.9. The van der Waals surface area contributed by atoms with Gasteiger partial charge in [-0.3, -0.25) is 0 Å². The number of nitrogens with two attached hydrogens (primary N) is 1. The molecule has 43 heavy (non-hydrogen) atoms. The molecule has 1 saturated heterocycles. The van der Waals surface area contributed by atoms with E-state index in [1.807, 2.05) is 6.07 Å². The van der Waals surface area contributed by atoms with Gasteiger partial charge in [0.2, 0.25) is 10.0 Å². The molecule has 4 aliphatic rings. The van der Waals surface area contributed by atoms with Crippen LogP contribution < -0.4 is 14.8 Å². The fraction of sp³-hybridized carbons (Fsp3) is 0.594. The van der Waals surface area contributed by atoms with E-state index in [1.54, 1.807) is 25.1 Å². The maximum Gasteiger partial charge on any atom is 0.335 e. The number of sulfonamides is 1. The third-order valence-corrected chi connectivity index (χ3v) is 11.6. The molecule has 11 heteroatoms. The summed E-state index contributed by atoms with van der Waals surface area (Å²) in [7, 11) is -3.64. The monoisotopic (exact) mass is 632 g/mol. The first-order valence-corrected chi connectivity index (χ1v) is 17.3. The maximum atomic E-state index is 12.0. The average Bonchev–Trinajstić information content (AvgIpc) is 3.10. The van der Waals surface area contributed by atoms with Crippen molar-refractivity contribution in [1.82, 2.24) is 0 Å². The fourth-order valence-electron chi connectivity index (χ4n) is 7.45. The van der Waals surface area contributed by atoms with Gasteiger partial charge in [-0.2, -0.15) is 0 Å². The van der Waals surface area contributed by atoms with Crippen LogP contribution in [0.1, 0.15) is 66.9 Å². The minimum atomic E-state index is -3.64. The van der Waals surface area contributed by atoms with Crippen molar-refractivity contribution in [3.05, 3.63) is 58.1 Å². The maximum absolute atomic E-state index is 12.0. The standard InChI is InChI=1S/C32H41ClN2O7S/c1-20(43(34,38)39)17-41-25-10-12-40-30(15-25)26-7-4-23(26)16-35-18-32(11-2-3-21-13-24(33)6-8-27(21)32)19-42-29-9-5-22(31(36)37)14-28(29)35/h5-6,8-9,13-14,20,23,25-26,30H,2-4,7,10-12,15-19H2,1H3,(H,36,37)(H2,34,38,39)/t20?,23-,25+,26+,30+,32-/m0/s1. The van der Waals surface area contributed by atoms with E-state index in [2.05, 4.69) is 17.0 Å². The van der Waals surface area contributed by atoms with Crippen LogP contribution in [0.2, 0.25) is 5.02 Å². The van der Waals surface area contributed by atoms with E-state index in [9.17, 15) is 18.3 Å². The highest BCUT2D eigenvalue weighted by Crippen LogP contribution is 2.47. The number of aromatic carboxylic acids is 1. The van der Waals surface area contributed by atoms with Crippen molar-refractivity contribution < 1.29 is 32.5 Å². The molecule has 2 heterocycles. The minimum Gasteiger partial charge on any atom is -0.490 e. The number of primary sulfonamides is 1. The molecule has 6 atom stereocenters. The quantitative estimate of drug-likeness (QED) is 0.426. The zero-order valence-electron chi connectivity index (χ0n) is 24.5. The molecule has 1 unspecified atom stereocenters. The van der Waals surface area contributed by atoms with E-state index >= 15 is 0 Å². The summed E-state index contributed by atoms with van der Waals surface area (Å²) in [5.41, 5.74) is 3.37. The molecule has 0 amide bonds. The summed E-state index contributed by atoms with van der Waals surface area (Å²) >= 11 is 6.38. The van der Waals surface area contributed by atoms with Crippen LogP contribution in [-0.4, -0.2) is 69.9 Å². The molecule has 0 aromatic heterocycles. The number of rotatable bonds is 8. The lowest BCUT2D eigenvalue weighted by atomic mass is 9.67. The van der Waals surface area contributed by atoms with Gasteiger partial charge in [0, 0.05) is 36.6 Å². The molecular weight excluding hydrogens is 592 g/mol. The van der Waals surface area contributed by atoms with Crippen LogP contribution in [-0.2, 0) is 31.3 Å². The topological polar surface area (TPSA) is 128 Å². The molecule has 2 fully saturated rings. The number of anilines is 1. The van der Waals surface area contributed by atoms with Crippen molar-refractivity contribution in [3.8, 4) is 5.75 Å². The number of hydrogen-bond donors (Lipinski definition) is 2. The zero-order valence-corrected chi connectivity index (χ0v) is 26.1. The Kier molecular flexibility index (Phi) is 8.69. The van der Waals surface area contributed by atoms with Crippen molar-refractivity contribution in [2.75, 3.05) is 37.8 Å². The van der Waals surface area contributed by atoms with Crippen molar-refractivity contribution in [2.24, 2.45) is 17.0 Å². The summed E-state index contributed by atoms with van der Waals surface area (Å²) in [6, 6.07) is 11.4. The van der Waals surface area contributed by atoms with Crippen LogP contribution in [0.15, 0.2) is 36.4 Å². The highest BCUT2D eigenvalue weighted by molar-refractivity contribution is 7.89. The summed E-state index contributed by atoms with van der Waals surface area (Å²) in [6.07, 6.45) is 6.52. The summed E-state index contributed by atoms with van der Waals surface area (Å²) in [5, 5.41) is 15.1. The molecule has 0 bridgehead atoms. The van der Waals surface area contributed by atoms with Gasteiger partial charge in [0.25, 0.3) is 0 Å². The van der Waals surface area contributed by atoms with Crippen LogP contribution in [0.25, 0.3) is 0 Å². The first-order valence-electron chi connectivity index (χ1n) is 15.3. The second-order valence-corrected chi connectivity index (χ2v) is 15.3. The fourth-order valence-corrected chi connectivity index (χ4v) is 7.92. The van der Waals surface area contributed by atoms with Gasteiger partial charge < -0.3 is 24.2 Å². The SMILES string of the molecule is CC(CO[C@@H]1CCO[C@@H]([C@@H]2CC[C@H]2CN2C[C@@]3(CCCc4cc(Cl)ccc43)COc3ccc(C(=O)O)cc32)C1)S(N)(=O)=O. The molecule has 2 aliphatic carbocycles. The van der Waals surface area contributed by atoms with Crippen molar-refractivity contribution in [3.63, 3.8) is 0 Å². The van der Waals surface area contributed by atoms with Crippen LogP contribution in [0.4, 0.5) is 5.69 Å². The van der Waals surface area contributed by atoms with Gasteiger partial charge in [-0.1, -0.05) is 17.7 Å². The number of benzene rings is 2. The van der Waals surface area contributed by atoms with E-state index < -0.39 is 21.2 Å². The Morgan fingerprint density at radius 1 is 1.23 bits per heavy atom. The number of carbonyl (C=O) groups is 1. The van der Waals surface area contributed by atoms with E-state index in [4.69, 9.17) is 31.0 Å². The van der Waals surface area contributed by atoms with E-state index in [1.165, 1.54) is 11.1 Å². The molecular formula is C32H41ClN2O7S. The Morgan fingerprint density at radius 2 is 2.07 bits per heavy atom. The van der Waals surface area contributed by atoms with Gasteiger partial charge in [-0.15, -0.1) is 0 Å². The molecule has 0 radical (unpaired) electrons. The van der Waals surface area contributed by atoms with Gasteiger partial charge in [0.1, 0.15) is 5.75 Å². The summed E-state index contributed by atoms with van der Waals surface area (Å²) < 4.78 is 42.0. The van der Waals surface area contributed by atoms with E-state index in [0.29, 0.717) is 30.8 Å². The summed E-state index contributed by atoms with van der Waals surface area (Å²) in [6.45, 7) is 4.24. The van der Waals surface area contributed by atoms with E-state index in [0.717, 1.165) is 68.7 Å². The summed E-state index contributed by atoms with van der Waals surface area (Å²) in [5.74, 6) is 0.451. The lowest BCUT2D eigenvalue weighted by Gasteiger charge is -2.47. The molecule has 3 N–H and O–H groups in total. The van der Waals surface area contributed by atoms with Crippen LogP contribution in [0, 0.1) is 11.8 Å². The highest BCUT2D eigenvalue weighted by atomic mass is 35.5. The molecule has 1 spiro atoms. The predicted molar refractivity (Wildman–Crippen MR) is 165 cm³/mol. The van der Waals surface area contributed by atoms with Gasteiger partial charge in [-0.05, 0) is 98.7 Å². The number of aryl methyl sites for hydroxylation is 1. The molecule has 2 aromatic rings. The van der Waals surface area contributed by atoms with Gasteiger partial charge in [-0.25, -0.2) is 18.4 Å². The van der Waals surface area contributed by atoms with E-state index in [-0.39, 0.29) is 29.8 Å². The van der Waals surface area contributed by atoms with Crippen LogP contribution in [0.3, 0.4) is 0 Å². The number of fused-ring (bicyclic) bond motifs is 3. The Morgan fingerprint density at radius 3 is 2.81 bits per heavy atom. The highest BCUT2D eigenvalue weighted by Gasteiger charge is 2.45. The number of nitrogens with zero attached hydrogens (tertiary/aromatic N) is 1. The van der Waals surface area contributed by atoms with Gasteiger partial charge in [0.15, 0.2) is 0 Å². The Labute approximate surface area is 258 Å². The molecule has 234 valence electrons. The molecule has 9 nitrogen and oxygen atoms in total. The summed E-state index contributed by atoms with van der Waals surface area (Å²) in [4.78, 5) is 14.3. The smallest absolute Gasteiger partial charge is 0.335 e. The second kappa shape index (κ2) is 12.2. The van der Waals surface area contributed by atoms with Gasteiger partial charge >= 0.3 is 5.97 Å². The lowest BCUT2D eigenvalue weighted by Crippen LogP contribution is -2.51. The normalized spacial score (nSPS) is 29.5. The number of hydrogen-bond acceptors (Lipinski definition) is 7. The third kappa shape index (κ3) is 6.40. The number of halogens is 1. The average molecular weight is 633 g/mol. The minimum absolute atomic E-state index is 0.0295. The van der Waals surface area contributed by atoms with Crippen LogP contribution >= 0.6 is 11.6 Å². The predicted octanol–water partition coefficient (Wildman–Crippen LogP) is 4.78. The third-order valence-electron chi connectivity index (χ3n) is 10.1. The Balaban J connectivity index is 1.23. The first-order chi connectivity index (χ1) is 20.5. The number of carboxylic acid groups (broad SMARTS) is 1. The van der Waals surface area contributed by atoms with Crippen LogP contribution in [0.5, 0.6) is 5.75 Å². The molecule has 2 aliphatic heterocycles. The Hall–Kier alpha value is -2.37. The zero-order chi connectivity index (χ0) is 30.4. The molecule has 6 rings (SSSR count). The molecule has 1 saturated carbocycles. The molecule has 2 aromatic carbocycles. The largest absolute Gasteiger partial charge is 0.490 e. The first kappa shape index (κ1) is 30.6. The van der Waals surface area contributed by atoms with Gasteiger partial charge in [0.05, 0.1) is 41.9 Å². The number of carboxylic acids is 1. The van der Waals surface area contributed by atoms with Crippen molar-refractivity contribution >= 4 is 33.3 Å². The number of ether oxygens (including phenoxy) is 3.